The van der Waals surface area contributed by atoms with Crippen molar-refractivity contribution in [2.24, 2.45) is 5.92 Å². The van der Waals surface area contributed by atoms with E-state index >= 15 is 0 Å². The van der Waals surface area contributed by atoms with E-state index in [1.165, 1.54) is 0 Å². The highest BCUT2D eigenvalue weighted by molar-refractivity contribution is 5.98. The van der Waals surface area contributed by atoms with Gasteiger partial charge in [0, 0.05) is 31.9 Å². The van der Waals surface area contributed by atoms with Gasteiger partial charge in [-0.05, 0) is 26.2 Å². The van der Waals surface area contributed by atoms with E-state index in [-0.39, 0.29) is 11.8 Å². The van der Waals surface area contributed by atoms with Crippen LogP contribution in [0.2, 0.25) is 0 Å². The van der Waals surface area contributed by atoms with Crippen LogP contribution in [-0.2, 0) is 11.3 Å². The molecule has 1 saturated heterocycles. The minimum Gasteiger partial charge on any atom is -0.339 e. The molecule has 6 heteroatoms. The van der Waals surface area contributed by atoms with Crippen molar-refractivity contribution in [1.29, 1.82) is 0 Å². The Morgan fingerprint density at radius 3 is 2.70 bits per heavy atom. The zero-order chi connectivity index (χ0) is 17.1. The average molecular weight is 320 g/mol. The van der Waals surface area contributed by atoms with Gasteiger partial charge in [0.2, 0.25) is 5.91 Å². The third kappa shape index (κ3) is 3.57. The Hall–Kier alpha value is -1.85. The highest BCUT2D eigenvalue weighted by atomic mass is 16.2. The third-order valence-corrected chi connectivity index (χ3v) is 4.36. The normalized spacial score (nSPS) is 18.9. The molecule has 2 amide bonds. The van der Waals surface area contributed by atoms with Crippen molar-refractivity contribution in [3.63, 3.8) is 0 Å². The summed E-state index contributed by atoms with van der Waals surface area (Å²) in [5.41, 5.74) is 1.48. The van der Waals surface area contributed by atoms with Crippen LogP contribution in [0.15, 0.2) is 6.20 Å². The molecule has 2 rings (SSSR count). The number of hydrogen-bond donors (Lipinski definition) is 0. The first-order valence-corrected chi connectivity index (χ1v) is 8.49. The molecule has 1 fully saturated rings. The summed E-state index contributed by atoms with van der Waals surface area (Å²) >= 11 is 0. The molecule has 0 spiro atoms. The predicted octanol–water partition coefficient (Wildman–Crippen LogP) is 1.93. The van der Waals surface area contributed by atoms with Crippen molar-refractivity contribution in [2.75, 3.05) is 19.6 Å². The van der Waals surface area contributed by atoms with Crippen molar-refractivity contribution in [3.05, 3.63) is 17.5 Å². The van der Waals surface area contributed by atoms with E-state index in [0.717, 1.165) is 25.2 Å². The van der Waals surface area contributed by atoms with E-state index in [4.69, 9.17) is 0 Å². The van der Waals surface area contributed by atoms with E-state index in [0.29, 0.717) is 24.6 Å². The van der Waals surface area contributed by atoms with Gasteiger partial charge in [0.05, 0.1) is 11.8 Å². The zero-order valence-electron chi connectivity index (χ0n) is 14.9. The summed E-state index contributed by atoms with van der Waals surface area (Å²) < 4.78 is 1.86. The number of aromatic nitrogens is 2. The van der Waals surface area contributed by atoms with E-state index in [2.05, 4.69) is 25.9 Å². The van der Waals surface area contributed by atoms with Crippen LogP contribution in [0, 0.1) is 12.8 Å². The van der Waals surface area contributed by atoms with Crippen molar-refractivity contribution >= 4 is 11.8 Å². The molecule has 23 heavy (non-hydrogen) atoms. The molecule has 1 atom stereocenters. The molecule has 0 unspecified atom stereocenters. The Morgan fingerprint density at radius 2 is 2.09 bits per heavy atom. The Morgan fingerprint density at radius 1 is 1.39 bits per heavy atom. The summed E-state index contributed by atoms with van der Waals surface area (Å²) in [4.78, 5) is 28.9. The fraction of sp³-hybridized carbons (Fsp3) is 0.706. The lowest BCUT2D eigenvalue weighted by Crippen LogP contribution is -2.58. The van der Waals surface area contributed by atoms with Crippen LogP contribution in [0.3, 0.4) is 0 Å². The van der Waals surface area contributed by atoms with Crippen LogP contribution >= 0.6 is 0 Å². The van der Waals surface area contributed by atoms with Crippen LogP contribution in [0.25, 0.3) is 0 Å². The molecule has 0 aliphatic carbocycles. The summed E-state index contributed by atoms with van der Waals surface area (Å²) in [6, 6.07) is -0.413. The van der Waals surface area contributed by atoms with Crippen LogP contribution in [-0.4, -0.2) is 57.1 Å². The van der Waals surface area contributed by atoms with Gasteiger partial charge in [-0.3, -0.25) is 14.3 Å². The van der Waals surface area contributed by atoms with Gasteiger partial charge in [0.25, 0.3) is 5.91 Å². The van der Waals surface area contributed by atoms with Gasteiger partial charge >= 0.3 is 0 Å². The molecular weight excluding hydrogens is 292 g/mol. The lowest BCUT2D eigenvalue weighted by atomic mass is 10.1. The van der Waals surface area contributed by atoms with Gasteiger partial charge in [0.15, 0.2) is 0 Å². The summed E-state index contributed by atoms with van der Waals surface area (Å²) in [5, 5.41) is 4.29. The summed E-state index contributed by atoms with van der Waals surface area (Å²) in [7, 11) is 0. The molecule has 1 aliphatic rings. The number of carbonyl (C=O) groups is 2. The van der Waals surface area contributed by atoms with Gasteiger partial charge < -0.3 is 9.80 Å². The first kappa shape index (κ1) is 17.5. The maximum atomic E-state index is 12.8. The molecule has 2 heterocycles. The Balaban J connectivity index is 2.13. The van der Waals surface area contributed by atoms with E-state index in [9.17, 15) is 9.59 Å². The standard InChI is InChI=1S/C17H28N4O2/c1-6-7-21-13(4)15(10-18-21)17(23)20-9-8-19(11-12(2)3)16(22)14(20)5/h10,12,14H,6-9,11H2,1-5H3/t14-/m0/s1. The number of nitrogens with zero attached hydrogens (tertiary/aromatic N) is 4. The summed E-state index contributed by atoms with van der Waals surface area (Å²) in [6.07, 6.45) is 2.60. The van der Waals surface area contributed by atoms with Gasteiger partial charge in [-0.1, -0.05) is 20.8 Å². The quantitative estimate of drug-likeness (QED) is 0.833. The predicted molar refractivity (Wildman–Crippen MR) is 89.2 cm³/mol. The molecule has 1 aliphatic heterocycles. The van der Waals surface area contributed by atoms with E-state index in [1.807, 2.05) is 23.4 Å². The smallest absolute Gasteiger partial charge is 0.258 e. The number of aryl methyl sites for hydroxylation is 1. The maximum Gasteiger partial charge on any atom is 0.258 e. The third-order valence-electron chi connectivity index (χ3n) is 4.36. The Labute approximate surface area is 138 Å². The molecule has 1 aromatic heterocycles. The first-order valence-electron chi connectivity index (χ1n) is 8.49. The van der Waals surface area contributed by atoms with Crippen LogP contribution in [0.5, 0.6) is 0 Å². The lowest BCUT2D eigenvalue weighted by Gasteiger charge is -2.39. The molecule has 0 radical (unpaired) electrons. The van der Waals surface area contributed by atoms with Gasteiger partial charge in [-0.15, -0.1) is 0 Å². The Kier molecular flexibility index (Phi) is 5.44. The molecule has 0 N–H and O–H groups in total. The van der Waals surface area contributed by atoms with Crippen LogP contribution < -0.4 is 0 Å². The minimum absolute atomic E-state index is 0.0388. The molecule has 128 valence electrons. The molecule has 0 aromatic carbocycles. The monoisotopic (exact) mass is 320 g/mol. The van der Waals surface area contributed by atoms with E-state index in [1.54, 1.807) is 11.1 Å². The van der Waals surface area contributed by atoms with Gasteiger partial charge in [-0.2, -0.15) is 5.10 Å². The van der Waals surface area contributed by atoms with Crippen LogP contribution in [0.1, 0.15) is 50.2 Å². The summed E-state index contributed by atoms with van der Waals surface area (Å²) in [5.74, 6) is 0.384. The minimum atomic E-state index is -0.413. The van der Waals surface area contributed by atoms with E-state index < -0.39 is 6.04 Å². The molecular formula is C17H28N4O2. The number of rotatable bonds is 5. The number of carbonyl (C=O) groups excluding carboxylic acids is 2. The van der Waals surface area contributed by atoms with Crippen molar-refractivity contribution in [2.45, 2.75) is 53.6 Å². The number of piperazine rings is 1. The number of amides is 2. The topological polar surface area (TPSA) is 58.4 Å². The van der Waals surface area contributed by atoms with Crippen molar-refractivity contribution < 1.29 is 9.59 Å². The molecule has 1 aromatic rings. The van der Waals surface area contributed by atoms with Crippen molar-refractivity contribution in [1.82, 2.24) is 19.6 Å². The SMILES string of the molecule is CCCn1ncc(C(=O)N2CCN(CC(C)C)C(=O)[C@@H]2C)c1C. The first-order chi connectivity index (χ1) is 10.9. The van der Waals surface area contributed by atoms with Gasteiger partial charge in [0.1, 0.15) is 6.04 Å². The summed E-state index contributed by atoms with van der Waals surface area (Å²) in [6.45, 7) is 12.7. The Bertz CT molecular complexity index is 579. The second-order valence-corrected chi connectivity index (χ2v) is 6.72. The fourth-order valence-electron chi connectivity index (χ4n) is 3.08. The molecule has 6 nitrogen and oxygen atoms in total. The van der Waals surface area contributed by atoms with Gasteiger partial charge in [-0.25, -0.2) is 0 Å². The molecule has 0 saturated carbocycles. The highest BCUT2D eigenvalue weighted by Gasteiger charge is 2.35. The average Bonchev–Trinajstić information content (AvgIpc) is 2.85. The van der Waals surface area contributed by atoms with Crippen molar-refractivity contribution in [3.8, 4) is 0 Å². The zero-order valence-corrected chi connectivity index (χ0v) is 14.9. The maximum absolute atomic E-state index is 12.8. The second-order valence-electron chi connectivity index (χ2n) is 6.72. The fourth-order valence-corrected chi connectivity index (χ4v) is 3.08. The lowest BCUT2D eigenvalue weighted by molar-refractivity contribution is -0.140. The van der Waals surface area contributed by atoms with Crippen LogP contribution in [0.4, 0.5) is 0 Å². The largest absolute Gasteiger partial charge is 0.339 e. The molecule has 0 bridgehead atoms. The highest BCUT2D eigenvalue weighted by Crippen LogP contribution is 2.18. The second kappa shape index (κ2) is 7.15. The number of hydrogen-bond acceptors (Lipinski definition) is 3.